The first-order valence-corrected chi connectivity index (χ1v) is 5.20. The fraction of sp³-hybridized carbons (Fsp3) is 0.636. The summed E-state index contributed by atoms with van der Waals surface area (Å²) in [7, 11) is 0. The molecule has 1 aromatic heterocycles. The molecule has 0 spiro atoms. The summed E-state index contributed by atoms with van der Waals surface area (Å²) in [6.07, 6.45) is -1.24. The molecule has 2 N–H and O–H groups in total. The van der Waals surface area contributed by atoms with Crippen molar-refractivity contribution in [3.8, 4) is 0 Å². The van der Waals surface area contributed by atoms with Gasteiger partial charge in [-0.3, -0.25) is 0 Å². The standard InChI is InChI=1S/C11H15F2NO/c1-6-4-8(6)10-3-2-7(15-10)5-9(14)11(12)13/h2-3,6,8-9,11H,4-5,14H2,1H3. The molecule has 0 aliphatic heterocycles. The van der Waals surface area contributed by atoms with Gasteiger partial charge in [-0.1, -0.05) is 6.92 Å². The number of rotatable bonds is 4. The number of hydrogen-bond donors (Lipinski definition) is 1. The number of alkyl halides is 2. The zero-order valence-corrected chi connectivity index (χ0v) is 8.62. The number of halogens is 2. The minimum atomic E-state index is -2.49. The molecule has 1 aliphatic rings. The van der Waals surface area contributed by atoms with Crippen molar-refractivity contribution >= 4 is 0 Å². The molecular weight excluding hydrogens is 200 g/mol. The fourth-order valence-electron chi connectivity index (χ4n) is 1.74. The lowest BCUT2D eigenvalue weighted by molar-refractivity contribution is 0.113. The normalized spacial score (nSPS) is 27.0. The Kier molecular flexibility index (Phi) is 2.78. The highest BCUT2D eigenvalue weighted by atomic mass is 19.3. The topological polar surface area (TPSA) is 39.2 Å². The van der Waals surface area contributed by atoms with E-state index in [1.54, 1.807) is 6.07 Å². The van der Waals surface area contributed by atoms with Gasteiger partial charge in [0.1, 0.15) is 11.5 Å². The van der Waals surface area contributed by atoms with Crippen molar-refractivity contribution in [3.05, 3.63) is 23.7 Å². The Balaban J connectivity index is 1.95. The van der Waals surface area contributed by atoms with E-state index >= 15 is 0 Å². The van der Waals surface area contributed by atoms with Gasteiger partial charge in [0, 0.05) is 12.3 Å². The molecule has 0 radical (unpaired) electrons. The molecule has 2 nitrogen and oxygen atoms in total. The van der Waals surface area contributed by atoms with Gasteiger partial charge in [0.25, 0.3) is 6.43 Å². The second-order valence-corrected chi connectivity index (χ2v) is 4.33. The van der Waals surface area contributed by atoms with Gasteiger partial charge in [0.2, 0.25) is 0 Å². The van der Waals surface area contributed by atoms with Crippen molar-refractivity contribution in [2.45, 2.75) is 38.2 Å². The van der Waals surface area contributed by atoms with Crippen LogP contribution in [0.4, 0.5) is 8.78 Å². The SMILES string of the molecule is CC1CC1c1ccc(CC(N)C(F)F)o1. The Morgan fingerprint density at radius 2 is 2.20 bits per heavy atom. The maximum Gasteiger partial charge on any atom is 0.253 e. The molecule has 1 heterocycles. The highest BCUT2D eigenvalue weighted by Gasteiger charge is 2.36. The molecule has 84 valence electrons. The van der Waals surface area contributed by atoms with E-state index in [1.165, 1.54) is 0 Å². The fourth-order valence-corrected chi connectivity index (χ4v) is 1.74. The Bertz CT molecular complexity index is 337. The molecule has 0 amide bonds. The maximum atomic E-state index is 12.2. The largest absolute Gasteiger partial charge is 0.466 e. The lowest BCUT2D eigenvalue weighted by atomic mass is 10.2. The third kappa shape index (κ3) is 2.37. The molecule has 3 unspecified atom stereocenters. The predicted octanol–water partition coefficient (Wildman–Crippen LogP) is 2.54. The molecule has 0 aromatic carbocycles. The molecule has 1 fully saturated rings. The van der Waals surface area contributed by atoms with Gasteiger partial charge in [-0.2, -0.15) is 0 Å². The molecule has 3 atom stereocenters. The quantitative estimate of drug-likeness (QED) is 0.838. The van der Waals surface area contributed by atoms with E-state index in [1.807, 2.05) is 6.07 Å². The van der Waals surface area contributed by atoms with E-state index in [4.69, 9.17) is 10.2 Å². The molecule has 0 bridgehead atoms. The monoisotopic (exact) mass is 215 g/mol. The minimum Gasteiger partial charge on any atom is -0.466 e. The Morgan fingerprint density at radius 1 is 1.53 bits per heavy atom. The molecule has 2 rings (SSSR count). The van der Waals surface area contributed by atoms with Crippen LogP contribution in [-0.2, 0) is 6.42 Å². The highest BCUT2D eigenvalue weighted by molar-refractivity contribution is 5.18. The van der Waals surface area contributed by atoms with E-state index < -0.39 is 12.5 Å². The van der Waals surface area contributed by atoms with Crippen molar-refractivity contribution in [2.75, 3.05) is 0 Å². The van der Waals surface area contributed by atoms with Crippen LogP contribution in [0, 0.1) is 5.92 Å². The van der Waals surface area contributed by atoms with Crippen molar-refractivity contribution in [1.29, 1.82) is 0 Å². The van der Waals surface area contributed by atoms with Crippen LogP contribution in [0.15, 0.2) is 16.5 Å². The molecule has 1 aliphatic carbocycles. The van der Waals surface area contributed by atoms with Crippen LogP contribution in [0.5, 0.6) is 0 Å². The number of furan rings is 1. The Labute approximate surface area is 87.4 Å². The third-order valence-corrected chi connectivity index (χ3v) is 2.92. The maximum absolute atomic E-state index is 12.2. The Hall–Kier alpha value is -0.900. The van der Waals surface area contributed by atoms with Crippen molar-refractivity contribution < 1.29 is 13.2 Å². The summed E-state index contributed by atoms with van der Waals surface area (Å²) in [5.41, 5.74) is 5.27. The van der Waals surface area contributed by atoms with Crippen LogP contribution in [-0.4, -0.2) is 12.5 Å². The second-order valence-electron chi connectivity index (χ2n) is 4.33. The van der Waals surface area contributed by atoms with Crippen molar-refractivity contribution in [3.63, 3.8) is 0 Å². The summed E-state index contributed by atoms with van der Waals surface area (Å²) in [5.74, 6) is 2.63. The van der Waals surface area contributed by atoms with Crippen LogP contribution in [0.25, 0.3) is 0 Å². The van der Waals surface area contributed by atoms with Gasteiger partial charge >= 0.3 is 0 Å². The third-order valence-electron chi connectivity index (χ3n) is 2.92. The first kappa shape index (κ1) is 10.6. The van der Waals surface area contributed by atoms with Crippen molar-refractivity contribution in [2.24, 2.45) is 11.7 Å². The average molecular weight is 215 g/mol. The number of nitrogens with two attached hydrogens (primary N) is 1. The summed E-state index contributed by atoms with van der Waals surface area (Å²) in [4.78, 5) is 0. The number of hydrogen-bond acceptors (Lipinski definition) is 2. The first-order chi connectivity index (χ1) is 7.08. The van der Waals surface area contributed by atoms with E-state index in [-0.39, 0.29) is 6.42 Å². The Morgan fingerprint density at radius 3 is 2.73 bits per heavy atom. The summed E-state index contributed by atoms with van der Waals surface area (Å²) in [5, 5.41) is 0. The summed E-state index contributed by atoms with van der Waals surface area (Å²) in [6.45, 7) is 2.15. The van der Waals surface area contributed by atoms with Gasteiger partial charge in [0.05, 0.1) is 6.04 Å². The average Bonchev–Trinajstić information content (AvgIpc) is 2.73. The molecule has 15 heavy (non-hydrogen) atoms. The van der Waals surface area contributed by atoms with Gasteiger partial charge < -0.3 is 10.2 Å². The van der Waals surface area contributed by atoms with Crippen LogP contribution in [0.1, 0.15) is 30.8 Å². The molecule has 4 heteroatoms. The van der Waals surface area contributed by atoms with Crippen LogP contribution < -0.4 is 5.73 Å². The minimum absolute atomic E-state index is 0.110. The zero-order valence-electron chi connectivity index (χ0n) is 8.62. The smallest absolute Gasteiger partial charge is 0.253 e. The van der Waals surface area contributed by atoms with Gasteiger partial charge in [0.15, 0.2) is 0 Å². The van der Waals surface area contributed by atoms with Crippen LogP contribution in [0.2, 0.25) is 0 Å². The lowest BCUT2D eigenvalue weighted by Crippen LogP contribution is -2.30. The lowest BCUT2D eigenvalue weighted by Gasteiger charge is -2.07. The van der Waals surface area contributed by atoms with E-state index in [2.05, 4.69) is 6.92 Å². The second kappa shape index (κ2) is 3.93. The summed E-state index contributed by atoms with van der Waals surface area (Å²) < 4.78 is 29.9. The van der Waals surface area contributed by atoms with E-state index in [0.29, 0.717) is 17.6 Å². The molecule has 1 saturated carbocycles. The van der Waals surface area contributed by atoms with Gasteiger partial charge in [-0.15, -0.1) is 0 Å². The molecule has 1 aromatic rings. The van der Waals surface area contributed by atoms with Gasteiger partial charge in [-0.05, 0) is 24.5 Å². The van der Waals surface area contributed by atoms with Gasteiger partial charge in [-0.25, -0.2) is 8.78 Å². The van der Waals surface area contributed by atoms with Crippen molar-refractivity contribution in [1.82, 2.24) is 0 Å². The van der Waals surface area contributed by atoms with Crippen LogP contribution in [0.3, 0.4) is 0 Å². The molecular formula is C11H15F2NO. The predicted molar refractivity (Wildman–Crippen MR) is 52.9 cm³/mol. The van der Waals surface area contributed by atoms with Crippen LogP contribution >= 0.6 is 0 Å². The summed E-state index contributed by atoms with van der Waals surface area (Å²) >= 11 is 0. The van der Waals surface area contributed by atoms with E-state index in [9.17, 15) is 8.78 Å². The molecule has 0 saturated heterocycles. The zero-order chi connectivity index (χ0) is 11.0. The van der Waals surface area contributed by atoms with E-state index in [0.717, 1.165) is 12.2 Å². The summed E-state index contributed by atoms with van der Waals surface area (Å²) in [6, 6.07) is 2.50. The highest BCUT2D eigenvalue weighted by Crippen LogP contribution is 2.47. The first-order valence-electron chi connectivity index (χ1n) is 5.20.